The first-order valence-corrected chi connectivity index (χ1v) is 15.1. The van der Waals surface area contributed by atoms with E-state index in [-0.39, 0.29) is 12.5 Å². The number of amides is 2. The molecule has 1 atom stereocenters. The third-order valence-electron chi connectivity index (χ3n) is 6.29. The second kappa shape index (κ2) is 13.3. The molecular formula is C28H33Cl2N3O4S. The van der Waals surface area contributed by atoms with Crippen molar-refractivity contribution < 1.29 is 18.0 Å². The number of sulfonamides is 1. The Labute approximate surface area is 234 Å². The number of carbonyl (C=O) groups excluding carboxylic acids is 2. The molecule has 38 heavy (non-hydrogen) atoms. The molecule has 0 heterocycles. The van der Waals surface area contributed by atoms with Crippen LogP contribution in [0.25, 0.3) is 10.8 Å². The van der Waals surface area contributed by atoms with Crippen molar-refractivity contribution in [2.45, 2.75) is 45.7 Å². The van der Waals surface area contributed by atoms with E-state index in [9.17, 15) is 18.0 Å². The van der Waals surface area contributed by atoms with Crippen molar-refractivity contribution in [3.05, 3.63) is 76.3 Å². The first-order chi connectivity index (χ1) is 18.1. The van der Waals surface area contributed by atoms with Gasteiger partial charge in [0, 0.05) is 28.5 Å². The Morgan fingerprint density at radius 3 is 2.37 bits per heavy atom. The van der Waals surface area contributed by atoms with Crippen LogP contribution >= 0.6 is 23.2 Å². The first kappa shape index (κ1) is 29.7. The van der Waals surface area contributed by atoms with Gasteiger partial charge in [-0.15, -0.1) is 0 Å². The second-order valence-corrected chi connectivity index (χ2v) is 11.8. The van der Waals surface area contributed by atoms with Crippen LogP contribution in [0.1, 0.15) is 38.7 Å². The van der Waals surface area contributed by atoms with Crippen LogP contribution in [-0.4, -0.2) is 50.5 Å². The van der Waals surface area contributed by atoms with Crippen LogP contribution in [0.3, 0.4) is 0 Å². The molecule has 0 saturated heterocycles. The van der Waals surface area contributed by atoms with Gasteiger partial charge in [-0.05, 0) is 42.0 Å². The highest BCUT2D eigenvalue weighted by Gasteiger charge is 2.32. The molecule has 3 aromatic rings. The summed E-state index contributed by atoms with van der Waals surface area (Å²) in [5.74, 6) is -0.817. The minimum absolute atomic E-state index is 0.0156. The smallest absolute Gasteiger partial charge is 0.244 e. The molecule has 3 rings (SSSR count). The Hall–Kier alpha value is -2.81. The molecule has 0 bridgehead atoms. The van der Waals surface area contributed by atoms with Crippen LogP contribution in [0, 0.1) is 0 Å². The van der Waals surface area contributed by atoms with E-state index in [4.69, 9.17) is 23.2 Å². The number of hydrogen-bond donors (Lipinski definition) is 1. The van der Waals surface area contributed by atoms with Gasteiger partial charge in [-0.1, -0.05) is 85.9 Å². The van der Waals surface area contributed by atoms with Gasteiger partial charge in [0.1, 0.15) is 12.6 Å². The third kappa shape index (κ3) is 7.40. The largest absolute Gasteiger partial charge is 0.354 e. The van der Waals surface area contributed by atoms with Crippen LogP contribution in [0.5, 0.6) is 0 Å². The van der Waals surface area contributed by atoms with Crippen molar-refractivity contribution in [3.8, 4) is 0 Å². The molecule has 3 aromatic carbocycles. The van der Waals surface area contributed by atoms with Crippen LogP contribution in [0.15, 0.2) is 60.7 Å². The molecule has 0 saturated carbocycles. The van der Waals surface area contributed by atoms with Gasteiger partial charge in [-0.3, -0.25) is 13.9 Å². The minimum Gasteiger partial charge on any atom is -0.354 e. The van der Waals surface area contributed by atoms with Crippen molar-refractivity contribution in [2.75, 3.05) is 23.7 Å². The van der Waals surface area contributed by atoms with Crippen molar-refractivity contribution >= 4 is 61.5 Å². The molecular weight excluding hydrogens is 545 g/mol. The van der Waals surface area contributed by atoms with Gasteiger partial charge < -0.3 is 10.2 Å². The maximum absolute atomic E-state index is 13.9. The zero-order valence-electron chi connectivity index (χ0n) is 21.8. The zero-order chi connectivity index (χ0) is 27.9. The lowest BCUT2D eigenvalue weighted by Crippen LogP contribution is -2.52. The van der Waals surface area contributed by atoms with Gasteiger partial charge in [0.25, 0.3) is 0 Å². The van der Waals surface area contributed by atoms with Gasteiger partial charge in [-0.2, -0.15) is 0 Å². The molecule has 0 aromatic heterocycles. The van der Waals surface area contributed by atoms with Crippen LogP contribution in [0.4, 0.5) is 5.69 Å². The third-order valence-corrected chi connectivity index (χ3v) is 8.00. The van der Waals surface area contributed by atoms with Gasteiger partial charge in [0.2, 0.25) is 21.8 Å². The van der Waals surface area contributed by atoms with E-state index in [1.54, 1.807) is 30.3 Å². The topological polar surface area (TPSA) is 86.8 Å². The Bertz CT molecular complexity index is 1390. The number of fused-ring (bicyclic) bond motifs is 1. The van der Waals surface area contributed by atoms with Crippen molar-refractivity contribution in [1.82, 2.24) is 10.2 Å². The Kier molecular flexibility index (Phi) is 10.4. The number of hydrogen-bond acceptors (Lipinski definition) is 4. The number of unbranched alkanes of at least 4 members (excludes halogenated alkanes) is 1. The molecule has 7 nitrogen and oxygen atoms in total. The average molecular weight is 579 g/mol. The number of nitrogens with one attached hydrogen (secondary N) is 1. The molecule has 0 unspecified atom stereocenters. The summed E-state index contributed by atoms with van der Waals surface area (Å²) < 4.78 is 27.0. The Morgan fingerprint density at radius 2 is 1.71 bits per heavy atom. The summed E-state index contributed by atoms with van der Waals surface area (Å²) in [7, 11) is -3.85. The summed E-state index contributed by atoms with van der Waals surface area (Å²) in [6, 6.07) is 16.8. The number of benzene rings is 3. The summed E-state index contributed by atoms with van der Waals surface area (Å²) in [5, 5.41) is 5.24. The van der Waals surface area contributed by atoms with E-state index in [1.165, 1.54) is 4.90 Å². The maximum atomic E-state index is 13.9. The number of halogens is 2. The fourth-order valence-corrected chi connectivity index (χ4v) is 5.61. The molecule has 1 N–H and O–H groups in total. The normalized spacial score (nSPS) is 12.2. The van der Waals surface area contributed by atoms with E-state index >= 15 is 0 Å². The van der Waals surface area contributed by atoms with Crippen LogP contribution < -0.4 is 9.62 Å². The van der Waals surface area contributed by atoms with E-state index in [0.717, 1.165) is 28.8 Å². The molecule has 0 spiro atoms. The standard InChI is InChI=1S/C28H33Cl2N3O4S/c1-4-6-16-31-28(35)25(5-2)32(18-21-14-15-22(29)17-24(21)30)27(34)19-33(38(3,36)37)26-13-9-11-20-10-7-8-12-23(20)26/h7-15,17,25H,4-6,16,18-19H2,1-3H3,(H,31,35)/t25-/m1/s1. The monoisotopic (exact) mass is 577 g/mol. The molecule has 10 heteroatoms. The van der Waals surface area contributed by atoms with E-state index in [2.05, 4.69) is 5.32 Å². The zero-order valence-corrected chi connectivity index (χ0v) is 24.1. The molecule has 0 aliphatic rings. The van der Waals surface area contributed by atoms with Crippen molar-refractivity contribution in [2.24, 2.45) is 0 Å². The second-order valence-electron chi connectivity index (χ2n) is 9.09. The molecule has 204 valence electrons. The highest BCUT2D eigenvalue weighted by Crippen LogP contribution is 2.29. The predicted molar refractivity (Wildman–Crippen MR) is 155 cm³/mol. The van der Waals surface area contributed by atoms with Crippen LogP contribution in [0.2, 0.25) is 10.0 Å². The lowest BCUT2D eigenvalue weighted by atomic mass is 10.1. The van der Waals surface area contributed by atoms with E-state index in [0.29, 0.717) is 39.6 Å². The van der Waals surface area contributed by atoms with E-state index in [1.807, 2.05) is 44.2 Å². The fourth-order valence-electron chi connectivity index (χ4n) is 4.28. The summed E-state index contributed by atoms with van der Waals surface area (Å²) in [6.45, 7) is 3.86. The van der Waals surface area contributed by atoms with Crippen molar-refractivity contribution in [3.63, 3.8) is 0 Å². The van der Waals surface area contributed by atoms with Crippen LogP contribution in [-0.2, 0) is 26.2 Å². The number of carbonyl (C=O) groups is 2. The molecule has 0 aliphatic carbocycles. The fraction of sp³-hybridized carbons (Fsp3) is 0.357. The molecule has 2 amide bonds. The number of rotatable bonds is 12. The highest BCUT2D eigenvalue weighted by molar-refractivity contribution is 7.92. The SMILES string of the molecule is CCCCNC(=O)[C@@H](CC)N(Cc1ccc(Cl)cc1Cl)C(=O)CN(c1cccc2ccccc12)S(C)(=O)=O. The summed E-state index contributed by atoms with van der Waals surface area (Å²) >= 11 is 12.5. The Morgan fingerprint density at radius 1 is 1.00 bits per heavy atom. The maximum Gasteiger partial charge on any atom is 0.244 e. The average Bonchev–Trinajstić information content (AvgIpc) is 2.87. The van der Waals surface area contributed by atoms with Gasteiger partial charge in [0.15, 0.2) is 0 Å². The van der Waals surface area contributed by atoms with E-state index < -0.39 is 28.5 Å². The lowest BCUT2D eigenvalue weighted by molar-refractivity contribution is -0.140. The van der Waals surface area contributed by atoms with Gasteiger partial charge >= 0.3 is 0 Å². The highest BCUT2D eigenvalue weighted by atomic mass is 35.5. The number of anilines is 1. The quantitative estimate of drug-likeness (QED) is 0.282. The minimum atomic E-state index is -3.85. The van der Waals surface area contributed by atoms with Gasteiger partial charge in [0.05, 0.1) is 11.9 Å². The Balaban J connectivity index is 2.02. The van der Waals surface area contributed by atoms with Crippen molar-refractivity contribution in [1.29, 1.82) is 0 Å². The molecule has 0 fully saturated rings. The predicted octanol–water partition coefficient (Wildman–Crippen LogP) is 5.64. The summed E-state index contributed by atoms with van der Waals surface area (Å²) in [5.41, 5.74) is 0.990. The lowest BCUT2D eigenvalue weighted by Gasteiger charge is -2.33. The first-order valence-electron chi connectivity index (χ1n) is 12.5. The molecule has 0 aliphatic heterocycles. The number of nitrogens with zero attached hydrogens (tertiary/aromatic N) is 2. The van der Waals surface area contributed by atoms with Gasteiger partial charge in [-0.25, -0.2) is 8.42 Å². The summed E-state index contributed by atoms with van der Waals surface area (Å²) in [6.07, 6.45) is 3.12. The molecule has 0 radical (unpaired) electrons. The summed E-state index contributed by atoms with van der Waals surface area (Å²) in [4.78, 5) is 28.5.